The van der Waals surface area contributed by atoms with Crippen molar-refractivity contribution in [2.45, 2.75) is 31.8 Å². The lowest BCUT2D eigenvalue weighted by atomic mass is 9.93. The minimum absolute atomic E-state index is 0.160. The third kappa shape index (κ3) is 4.45. The van der Waals surface area contributed by atoms with Crippen molar-refractivity contribution in [2.75, 3.05) is 10.6 Å². The van der Waals surface area contributed by atoms with Gasteiger partial charge in [-0.2, -0.15) is 0 Å². The number of carbonyl (C=O) groups excluding carboxylic acids is 1. The summed E-state index contributed by atoms with van der Waals surface area (Å²) in [6.07, 6.45) is 6.60. The van der Waals surface area contributed by atoms with Crippen molar-refractivity contribution in [3.63, 3.8) is 0 Å². The summed E-state index contributed by atoms with van der Waals surface area (Å²) in [4.78, 5) is 21.7. The second-order valence-electron chi connectivity index (χ2n) is 6.62. The number of nitrogens with zero attached hydrogens (tertiary/aromatic N) is 2. The molecular weight excluding hydrogens is 377 g/mol. The molecule has 144 valence electrons. The lowest BCUT2D eigenvalue weighted by molar-refractivity contribution is 0.0917. The molecule has 0 aliphatic heterocycles. The second kappa shape index (κ2) is 8.35. The zero-order chi connectivity index (χ0) is 19.3. The Morgan fingerprint density at radius 1 is 1.21 bits per heavy atom. The summed E-state index contributed by atoms with van der Waals surface area (Å²) in [5.41, 5.74) is 0.756. The number of anilines is 3. The molecule has 1 aliphatic rings. The van der Waals surface area contributed by atoms with Crippen molar-refractivity contribution >= 4 is 33.9 Å². The molecule has 0 atom stereocenters. The number of hydrogen-bond acceptors (Lipinski definition) is 6. The number of pyridine rings is 1. The Morgan fingerprint density at radius 2 is 2.11 bits per heavy atom. The Morgan fingerprint density at radius 3 is 2.86 bits per heavy atom. The summed E-state index contributed by atoms with van der Waals surface area (Å²) in [5, 5.41) is 9.86. The van der Waals surface area contributed by atoms with Crippen LogP contribution in [-0.4, -0.2) is 21.9 Å². The van der Waals surface area contributed by atoms with Crippen LogP contribution in [0.2, 0.25) is 0 Å². The fourth-order valence-corrected chi connectivity index (χ4v) is 3.56. The molecule has 3 N–H and O–H groups in total. The fourth-order valence-electron chi connectivity index (χ4n) is 2.80. The third-order valence-corrected chi connectivity index (χ3v) is 5.49. The Kier molecular flexibility index (Phi) is 5.48. The van der Waals surface area contributed by atoms with Crippen molar-refractivity contribution in [2.24, 2.45) is 0 Å². The summed E-state index contributed by atoms with van der Waals surface area (Å²) in [6, 6.07) is 10.2. The number of nitrogens with one attached hydrogen (secondary N) is 3. The van der Waals surface area contributed by atoms with E-state index >= 15 is 0 Å². The maximum absolute atomic E-state index is 14.1. The van der Waals surface area contributed by atoms with E-state index in [1.165, 1.54) is 23.5 Å². The van der Waals surface area contributed by atoms with E-state index in [0.717, 1.165) is 24.1 Å². The minimum atomic E-state index is -0.392. The highest BCUT2D eigenvalue weighted by Crippen LogP contribution is 2.24. The number of benzene rings is 1. The number of amides is 1. The molecule has 2 heterocycles. The quantitative estimate of drug-likeness (QED) is 0.554. The first-order chi connectivity index (χ1) is 13.7. The number of rotatable bonds is 7. The van der Waals surface area contributed by atoms with Gasteiger partial charge in [0.05, 0.1) is 12.2 Å². The second-order valence-corrected chi connectivity index (χ2v) is 7.74. The van der Waals surface area contributed by atoms with Gasteiger partial charge < -0.3 is 16.0 Å². The van der Waals surface area contributed by atoms with Crippen molar-refractivity contribution in [1.82, 2.24) is 15.3 Å². The van der Waals surface area contributed by atoms with Gasteiger partial charge in [0.25, 0.3) is 5.91 Å². The molecule has 1 saturated carbocycles. The molecule has 1 aliphatic carbocycles. The van der Waals surface area contributed by atoms with Crippen molar-refractivity contribution in [3.8, 4) is 0 Å². The average molecular weight is 397 g/mol. The van der Waals surface area contributed by atoms with Gasteiger partial charge in [0.1, 0.15) is 11.6 Å². The van der Waals surface area contributed by atoms with E-state index in [0.29, 0.717) is 28.7 Å². The molecule has 0 unspecified atom stereocenters. The molecule has 3 aromatic rings. The van der Waals surface area contributed by atoms with Crippen LogP contribution in [0.4, 0.5) is 21.0 Å². The van der Waals surface area contributed by atoms with Crippen LogP contribution < -0.4 is 16.0 Å². The lowest BCUT2D eigenvalue weighted by Crippen LogP contribution is -2.39. The molecule has 1 aromatic carbocycles. The Hall–Kier alpha value is -3.00. The third-order valence-electron chi connectivity index (χ3n) is 4.58. The summed E-state index contributed by atoms with van der Waals surface area (Å²) in [5.74, 6) is 0.163. The van der Waals surface area contributed by atoms with Gasteiger partial charge in [-0.25, -0.2) is 14.4 Å². The van der Waals surface area contributed by atoms with E-state index in [1.807, 2.05) is 18.2 Å². The normalized spacial score (nSPS) is 13.6. The molecule has 8 heteroatoms. The summed E-state index contributed by atoms with van der Waals surface area (Å²) in [6.45, 7) is 0.409. The van der Waals surface area contributed by atoms with Gasteiger partial charge in [-0.1, -0.05) is 17.4 Å². The van der Waals surface area contributed by atoms with Crippen LogP contribution in [0.25, 0.3) is 0 Å². The van der Waals surface area contributed by atoms with E-state index in [2.05, 4.69) is 25.9 Å². The Bertz CT molecular complexity index is 958. The highest BCUT2D eigenvalue weighted by molar-refractivity contribution is 7.15. The predicted octanol–water partition coefficient (Wildman–Crippen LogP) is 4.32. The molecule has 4 rings (SSSR count). The molecule has 0 spiro atoms. The summed E-state index contributed by atoms with van der Waals surface area (Å²) >= 11 is 1.46. The SMILES string of the molecule is O=C(NC1CCC1)c1ccc(F)c(NCc2cnc(Nc3ccccn3)s2)c1. The van der Waals surface area contributed by atoms with Gasteiger partial charge in [0.15, 0.2) is 5.13 Å². The van der Waals surface area contributed by atoms with E-state index in [-0.39, 0.29) is 11.9 Å². The largest absolute Gasteiger partial charge is 0.378 e. The lowest BCUT2D eigenvalue weighted by Gasteiger charge is -2.26. The first-order valence-electron chi connectivity index (χ1n) is 9.14. The maximum atomic E-state index is 14.1. The fraction of sp³-hybridized carbons (Fsp3) is 0.250. The van der Waals surface area contributed by atoms with Crippen LogP contribution in [0.5, 0.6) is 0 Å². The van der Waals surface area contributed by atoms with Crippen LogP contribution in [0.3, 0.4) is 0 Å². The van der Waals surface area contributed by atoms with Gasteiger partial charge in [-0.05, 0) is 49.6 Å². The van der Waals surface area contributed by atoms with Crippen molar-refractivity contribution in [1.29, 1.82) is 0 Å². The van der Waals surface area contributed by atoms with Crippen LogP contribution in [-0.2, 0) is 6.54 Å². The van der Waals surface area contributed by atoms with E-state index in [9.17, 15) is 9.18 Å². The molecule has 0 bridgehead atoms. The van der Waals surface area contributed by atoms with Crippen LogP contribution in [0.15, 0.2) is 48.8 Å². The predicted molar refractivity (Wildman–Crippen MR) is 108 cm³/mol. The highest BCUT2D eigenvalue weighted by atomic mass is 32.1. The number of halogens is 1. The molecule has 0 saturated heterocycles. The minimum Gasteiger partial charge on any atom is -0.378 e. The zero-order valence-corrected chi connectivity index (χ0v) is 15.9. The van der Waals surface area contributed by atoms with Crippen molar-refractivity contribution in [3.05, 3.63) is 65.0 Å². The molecule has 28 heavy (non-hydrogen) atoms. The zero-order valence-electron chi connectivity index (χ0n) is 15.1. The van der Waals surface area contributed by atoms with Crippen LogP contribution >= 0.6 is 11.3 Å². The van der Waals surface area contributed by atoms with Gasteiger partial charge in [0.2, 0.25) is 0 Å². The maximum Gasteiger partial charge on any atom is 0.251 e. The van der Waals surface area contributed by atoms with Gasteiger partial charge in [-0.3, -0.25) is 4.79 Å². The molecule has 2 aromatic heterocycles. The monoisotopic (exact) mass is 397 g/mol. The number of thiazole rings is 1. The van der Waals surface area contributed by atoms with E-state index in [4.69, 9.17) is 0 Å². The highest BCUT2D eigenvalue weighted by Gasteiger charge is 2.20. The topological polar surface area (TPSA) is 78.9 Å². The van der Waals surface area contributed by atoms with E-state index in [1.54, 1.807) is 18.5 Å². The number of carbonyl (C=O) groups is 1. The molecule has 1 fully saturated rings. The van der Waals surface area contributed by atoms with Gasteiger partial charge >= 0.3 is 0 Å². The van der Waals surface area contributed by atoms with Crippen molar-refractivity contribution < 1.29 is 9.18 Å². The smallest absolute Gasteiger partial charge is 0.251 e. The standard InChI is InChI=1S/C20H20FN5OS/c21-16-8-7-13(19(27)25-14-4-3-5-14)10-17(16)23-11-15-12-24-20(28-15)26-18-6-1-2-9-22-18/h1-2,6-10,12,14,23H,3-5,11H2,(H,25,27)(H,22,24,26). The van der Waals surface area contributed by atoms with Crippen LogP contribution in [0.1, 0.15) is 34.5 Å². The first-order valence-corrected chi connectivity index (χ1v) is 9.96. The van der Waals surface area contributed by atoms with E-state index < -0.39 is 5.82 Å². The molecule has 6 nitrogen and oxygen atoms in total. The molecular formula is C20H20FN5OS. The number of hydrogen-bond donors (Lipinski definition) is 3. The Labute approximate surface area is 166 Å². The summed E-state index contributed by atoms with van der Waals surface area (Å²) in [7, 11) is 0. The average Bonchev–Trinajstić information content (AvgIpc) is 3.12. The van der Waals surface area contributed by atoms with Crippen LogP contribution in [0, 0.1) is 5.82 Å². The Balaban J connectivity index is 1.37. The number of aromatic nitrogens is 2. The van der Waals surface area contributed by atoms with Gasteiger partial charge in [0, 0.05) is 28.9 Å². The summed E-state index contributed by atoms with van der Waals surface area (Å²) < 4.78 is 14.1. The first kappa shape index (κ1) is 18.4. The molecule has 0 radical (unpaired) electrons. The van der Waals surface area contributed by atoms with Gasteiger partial charge in [-0.15, -0.1) is 0 Å². The molecule has 1 amide bonds.